The maximum atomic E-state index is 14.1. The normalized spacial score (nSPS) is 14.5. The van der Waals surface area contributed by atoms with Crippen LogP contribution in [0.3, 0.4) is 0 Å². The summed E-state index contributed by atoms with van der Waals surface area (Å²) in [7, 11) is 1.59. The maximum Gasteiger partial charge on any atom is 0.338 e. The molecule has 4 aromatic carbocycles. The summed E-state index contributed by atoms with van der Waals surface area (Å²) in [5, 5.41) is 2.29. The summed E-state index contributed by atoms with van der Waals surface area (Å²) >= 11 is 1.26. The van der Waals surface area contributed by atoms with Gasteiger partial charge in [0.2, 0.25) is 0 Å². The van der Waals surface area contributed by atoms with Gasteiger partial charge < -0.3 is 18.9 Å². The van der Waals surface area contributed by atoms with Gasteiger partial charge in [0, 0.05) is 5.56 Å². The maximum absolute atomic E-state index is 14.1. The first-order valence-corrected chi connectivity index (χ1v) is 15.9. The third-order valence-corrected chi connectivity index (χ3v) is 8.76. The van der Waals surface area contributed by atoms with Crippen LogP contribution in [0.25, 0.3) is 16.8 Å². The number of ether oxygens (including phenoxy) is 4. The molecule has 0 saturated carbocycles. The minimum absolute atomic E-state index is 0.198. The molecule has 0 amide bonds. The second-order valence-electron chi connectivity index (χ2n) is 10.6. The fraction of sp³-hybridized carbons (Fsp3) is 0.216. The van der Waals surface area contributed by atoms with E-state index in [0.717, 1.165) is 21.9 Å². The van der Waals surface area contributed by atoms with Crippen molar-refractivity contribution in [3.63, 3.8) is 0 Å². The zero-order valence-corrected chi connectivity index (χ0v) is 26.9. The first-order valence-electron chi connectivity index (χ1n) is 15.1. The summed E-state index contributed by atoms with van der Waals surface area (Å²) in [5.74, 6) is 1.21. The van der Waals surface area contributed by atoms with Crippen LogP contribution in [0, 0.1) is 0 Å². The van der Waals surface area contributed by atoms with Crippen LogP contribution in [0.15, 0.2) is 106 Å². The Morgan fingerprint density at radius 3 is 2.50 bits per heavy atom. The molecular weight excluding hydrogens is 600 g/mol. The molecule has 0 spiro atoms. The number of methoxy groups -OCH3 is 1. The number of fused-ring (bicyclic) bond motifs is 2. The molecule has 0 saturated heterocycles. The zero-order chi connectivity index (χ0) is 32.2. The minimum Gasteiger partial charge on any atom is -0.494 e. The number of carbonyl (C=O) groups is 1. The highest BCUT2D eigenvalue weighted by atomic mass is 32.1. The van der Waals surface area contributed by atoms with Crippen molar-refractivity contribution in [2.24, 2.45) is 4.99 Å². The van der Waals surface area contributed by atoms with Gasteiger partial charge in [-0.1, -0.05) is 78.1 Å². The molecule has 0 unspecified atom stereocenters. The lowest BCUT2D eigenvalue weighted by molar-refractivity contribution is -0.139. The molecule has 1 atom stereocenters. The number of carbonyl (C=O) groups excluding carboxylic acids is 1. The van der Waals surface area contributed by atoms with E-state index in [-0.39, 0.29) is 12.2 Å². The Kier molecular flexibility index (Phi) is 9.03. The Labute approximate surface area is 270 Å². The van der Waals surface area contributed by atoms with Crippen LogP contribution in [0.5, 0.6) is 17.2 Å². The molecule has 46 heavy (non-hydrogen) atoms. The topological polar surface area (TPSA) is 88.4 Å². The minimum atomic E-state index is -0.764. The van der Waals surface area contributed by atoms with Crippen molar-refractivity contribution in [2.45, 2.75) is 33.4 Å². The van der Waals surface area contributed by atoms with E-state index < -0.39 is 12.0 Å². The van der Waals surface area contributed by atoms with Crippen LogP contribution in [0.2, 0.25) is 0 Å². The number of hydrogen-bond donors (Lipinski definition) is 0. The van der Waals surface area contributed by atoms with Gasteiger partial charge in [-0.2, -0.15) is 0 Å². The van der Waals surface area contributed by atoms with Crippen molar-refractivity contribution in [1.29, 1.82) is 0 Å². The Morgan fingerprint density at radius 1 is 0.913 bits per heavy atom. The largest absolute Gasteiger partial charge is 0.494 e. The summed E-state index contributed by atoms with van der Waals surface area (Å²) in [6.07, 6.45) is 1.80. The summed E-state index contributed by atoms with van der Waals surface area (Å²) in [6.45, 7) is 6.41. The second-order valence-corrected chi connectivity index (χ2v) is 11.6. The molecular formula is C37H34N2O6S. The zero-order valence-electron chi connectivity index (χ0n) is 26.1. The van der Waals surface area contributed by atoms with E-state index in [4.69, 9.17) is 18.9 Å². The molecule has 9 heteroatoms. The van der Waals surface area contributed by atoms with Gasteiger partial charge in [-0.15, -0.1) is 0 Å². The Hall–Kier alpha value is -5.15. The highest BCUT2D eigenvalue weighted by Gasteiger charge is 2.35. The molecule has 234 valence electrons. The summed E-state index contributed by atoms with van der Waals surface area (Å²) in [6, 6.07) is 26.6. The summed E-state index contributed by atoms with van der Waals surface area (Å²) < 4.78 is 25.3. The fourth-order valence-corrected chi connectivity index (χ4v) is 6.74. The van der Waals surface area contributed by atoms with Crippen LogP contribution in [0.4, 0.5) is 0 Å². The van der Waals surface area contributed by atoms with Crippen molar-refractivity contribution in [1.82, 2.24) is 4.57 Å². The molecule has 1 aliphatic rings. The lowest BCUT2D eigenvalue weighted by Gasteiger charge is -2.26. The SMILES string of the molecule is CCOC(=O)C1=C(C)N=c2s/c(=C\c3ccc(OCc4cccc5ccccc45)c(OC)c3)c(=O)n2[C@H]1c1ccccc1OCC. The van der Waals surface area contributed by atoms with Gasteiger partial charge in [0.05, 0.1) is 36.1 Å². The van der Waals surface area contributed by atoms with E-state index >= 15 is 0 Å². The molecule has 0 N–H and O–H groups in total. The van der Waals surface area contributed by atoms with Crippen molar-refractivity contribution in [3.05, 3.63) is 133 Å². The molecule has 5 aromatic rings. The molecule has 0 radical (unpaired) electrons. The van der Waals surface area contributed by atoms with Crippen LogP contribution >= 0.6 is 11.3 Å². The number of allylic oxidation sites excluding steroid dienone is 1. The number of benzene rings is 4. The van der Waals surface area contributed by atoms with E-state index in [1.165, 1.54) is 11.3 Å². The molecule has 0 aliphatic carbocycles. The summed E-state index contributed by atoms with van der Waals surface area (Å²) in [4.78, 5) is 32.5. The van der Waals surface area contributed by atoms with Gasteiger partial charge >= 0.3 is 5.97 Å². The van der Waals surface area contributed by atoms with Gasteiger partial charge in [0.15, 0.2) is 16.3 Å². The number of para-hydroxylation sites is 1. The number of esters is 1. The number of rotatable bonds is 10. The number of nitrogens with zero attached hydrogens (tertiary/aromatic N) is 2. The van der Waals surface area contributed by atoms with E-state index in [1.54, 1.807) is 31.6 Å². The van der Waals surface area contributed by atoms with E-state index in [2.05, 4.69) is 29.3 Å². The number of thiazole rings is 1. The van der Waals surface area contributed by atoms with E-state index in [9.17, 15) is 9.59 Å². The Morgan fingerprint density at radius 2 is 1.70 bits per heavy atom. The van der Waals surface area contributed by atoms with Crippen LogP contribution < -0.4 is 29.1 Å². The van der Waals surface area contributed by atoms with Crippen LogP contribution in [-0.2, 0) is 16.1 Å². The van der Waals surface area contributed by atoms with Crippen LogP contribution in [-0.4, -0.2) is 30.9 Å². The average molecular weight is 635 g/mol. The van der Waals surface area contributed by atoms with Gasteiger partial charge in [-0.3, -0.25) is 9.36 Å². The predicted molar refractivity (Wildman–Crippen MR) is 179 cm³/mol. The molecule has 1 aromatic heterocycles. The van der Waals surface area contributed by atoms with Gasteiger partial charge in [0.1, 0.15) is 18.4 Å². The van der Waals surface area contributed by atoms with Gasteiger partial charge in [-0.05, 0) is 66.9 Å². The highest BCUT2D eigenvalue weighted by molar-refractivity contribution is 7.07. The Balaban J connectivity index is 1.38. The smallest absolute Gasteiger partial charge is 0.338 e. The second kappa shape index (κ2) is 13.5. The third-order valence-electron chi connectivity index (χ3n) is 7.78. The first-order chi connectivity index (χ1) is 22.4. The van der Waals surface area contributed by atoms with Crippen molar-refractivity contribution in [2.75, 3.05) is 20.3 Å². The standard InChI is InChI=1S/C37H34N2O6S/c1-5-43-29-17-10-9-16-28(29)34-33(36(41)44-6-2)23(3)38-37-39(34)35(40)32(46-37)21-24-18-19-30(31(20-24)42-4)45-22-26-14-11-13-25-12-7-8-15-27(25)26/h7-21,34H,5-6,22H2,1-4H3/b32-21-/t34-/m0/s1. The third kappa shape index (κ3) is 5.93. The van der Waals surface area contributed by atoms with Crippen molar-refractivity contribution < 1.29 is 23.7 Å². The van der Waals surface area contributed by atoms with E-state index in [0.29, 0.717) is 56.6 Å². The van der Waals surface area contributed by atoms with E-state index in [1.807, 2.05) is 67.6 Å². The van der Waals surface area contributed by atoms with Crippen molar-refractivity contribution >= 4 is 34.2 Å². The lowest BCUT2D eigenvalue weighted by Crippen LogP contribution is -2.40. The highest BCUT2D eigenvalue weighted by Crippen LogP contribution is 2.36. The molecule has 2 heterocycles. The molecule has 0 fully saturated rings. The van der Waals surface area contributed by atoms with Gasteiger partial charge in [-0.25, -0.2) is 9.79 Å². The molecule has 0 bridgehead atoms. The lowest BCUT2D eigenvalue weighted by atomic mass is 9.95. The molecule has 1 aliphatic heterocycles. The quantitative estimate of drug-likeness (QED) is 0.177. The number of hydrogen-bond acceptors (Lipinski definition) is 8. The monoisotopic (exact) mass is 634 g/mol. The molecule has 8 nitrogen and oxygen atoms in total. The number of aromatic nitrogens is 1. The first kappa shape index (κ1) is 30.9. The fourth-order valence-electron chi connectivity index (χ4n) is 5.70. The predicted octanol–water partition coefficient (Wildman–Crippen LogP) is 5.94. The van der Waals surface area contributed by atoms with Crippen LogP contribution in [0.1, 0.15) is 43.5 Å². The molecule has 6 rings (SSSR count). The summed E-state index contributed by atoms with van der Waals surface area (Å²) in [5.41, 5.74) is 3.04. The van der Waals surface area contributed by atoms with Crippen molar-refractivity contribution in [3.8, 4) is 17.2 Å². The Bertz CT molecular complexity index is 2140. The van der Waals surface area contributed by atoms with Gasteiger partial charge in [0.25, 0.3) is 5.56 Å². The average Bonchev–Trinajstić information content (AvgIpc) is 3.37.